The Morgan fingerprint density at radius 2 is 1.94 bits per heavy atom. The first kappa shape index (κ1) is 13.3. The monoisotopic (exact) mass is 237 g/mol. The molecule has 16 heavy (non-hydrogen) atoms. The second-order valence-corrected chi connectivity index (χ2v) is 3.99. The summed E-state index contributed by atoms with van der Waals surface area (Å²) in [6.45, 7) is -0.240. The number of alkyl halides is 3. The standard InChI is InChI=1S/C10H14F3NO2/c11-10(12,13)8-1-3-9(7-14,4-2-8)16-6-5-15/h8,15H,1-6H2. The van der Waals surface area contributed by atoms with Crippen molar-refractivity contribution >= 4 is 0 Å². The summed E-state index contributed by atoms with van der Waals surface area (Å²) >= 11 is 0. The van der Waals surface area contributed by atoms with E-state index >= 15 is 0 Å². The third kappa shape index (κ3) is 3.09. The highest BCUT2D eigenvalue weighted by atomic mass is 19.4. The number of nitrogens with zero attached hydrogens (tertiary/aromatic N) is 1. The van der Waals surface area contributed by atoms with Gasteiger partial charge in [0, 0.05) is 0 Å². The van der Waals surface area contributed by atoms with Gasteiger partial charge >= 0.3 is 6.18 Å². The predicted octanol–water partition coefficient (Wildman–Crippen LogP) is 2.01. The lowest BCUT2D eigenvalue weighted by Crippen LogP contribution is -2.40. The topological polar surface area (TPSA) is 53.2 Å². The molecule has 0 bridgehead atoms. The molecule has 0 aromatic carbocycles. The quantitative estimate of drug-likeness (QED) is 0.816. The van der Waals surface area contributed by atoms with E-state index in [-0.39, 0.29) is 38.9 Å². The predicted molar refractivity (Wildman–Crippen MR) is 49.4 cm³/mol. The molecule has 0 atom stereocenters. The molecule has 1 aliphatic carbocycles. The molecule has 1 aliphatic rings. The molecule has 0 aromatic rings. The van der Waals surface area contributed by atoms with Crippen LogP contribution in [0.4, 0.5) is 13.2 Å². The van der Waals surface area contributed by atoms with Crippen LogP contribution in [-0.4, -0.2) is 30.1 Å². The second-order valence-electron chi connectivity index (χ2n) is 3.99. The van der Waals surface area contributed by atoms with E-state index in [0.29, 0.717) is 0 Å². The van der Waals surface area contributed by atoms with Crippen molar-refractivity contribution in [3.8, 4) is 6.07 Å². The normalized spacial score (nSPS) is 31.1. The van der Waals surface area contributed by atoms with Crippen LogP contribution >= 0.6 is 0 Å². The Hall–Kier alpha value is -0.800. The van der Waals surface area contributed by atoms with E-state index in [0.717, 1.165) is 0 Å². The van der Waals surface area contributed by atoms with E-state index in [1.165, 1.54) is 0 Å². The van der Waals surface area contributed by atoms with Crippen LogP contribution in [0.1, 0.15) is 25.7 Å². The van der Waals surface area contributed by atoms with Crippen molar-refractivity contribution in [2.75, 3.05) is 13.2 Å². The van der Waals surface area contributed by atoms with Gasteiger partial charge in [0.25, 0.3) is 0 Å². The molecule has 0 amide bonds. The fraction of sp³-hybridized carbons (Fsp3) is 0.900. The van der Waals surface area contributed by atoms with E-state index in [1.54, 1.807) is 0 Å². The average molecular weight is 237 g/mol. The Morgan fingerprint density at radius 1 is 1.38 bits per heavy atom. The van der Waals surface area contributed by atoms with Gasteiger partial charge in [0.15, 0.2) is 5.60 Å². The lowest BCUT2D eigenvalue weighted by molar-refractivity contribution is -0.192. The molecule has 0 unspecified atom stereocenters. The van der Waals surface area contributed by atoms with Crippen molar-refractivity contribution < 1.29 is 23.0 Å². The van der Waals surface area contributed by atoms with E-state index in [4.69, 9.17) is 15.1 Å². The summed E-state index contributed by atoms with van der Waals surface area (Å²) in [6, 6.07) is 1.92. The van der Waals surface area contributed by atoms with Gasteiger partial charge in [-0.3, -0.25) is 0 Å². The molecule has 1 N–H and O–H groups in total. The summed E-state index contributed by atoms with van der Waals surface area (Å²) in [6.07, 6.45) is -4.19. The van der Waals surface area contributed by atoms with Crippen molar-refractivity contribution in [2.45, 2.75) is 37.5 Å². The smallest absolute Gasteiger partial charge is 0.391 e. The number of nitriles is 1. The maximum Gasteiger partial charge on any atom is 0.391 e. The Kier molecular flexibility index (Phi) is 4.16. The maximum atomic E-state index is 12.4. The van der Waals surface area contributed by atoms with Gasteiger partial charge in [-0.25, -0.2) is 0 Å². The minimum atomic E-state index is -4.18. The Balaban J connectivity index is 2.54. The number of hydrogen-bond acceptors (Lipinski definition) is 3. The number of rotatable bonds is 3. The third-order valence-electron chi connectivity index (χ3n) is 2.93. The molecule has 6 heteroatoms. The van der Waals surface area contributed by atoms with Crippen molar-refractivity contribution in [2.24, 2.45) is 5.92 Å². The molecular weight excluding hydrogens is 223 g/mol. The van der Waals surface area contributed by atoms with Crippen molar-refractivity contribution in [3.05, 3.63) is 0 Å². The lowest BCUT2D eigenvalue weighted by atomic mass is 9.79. The van der Waals surface area contributed by atoms with Crippen molar-refractivity contribution in [1.29, 1.82) is 5.26 Å². The number of aliphatic hydroxyl groups excluding tert-OH is 1. The van der Waals surface area contributed by atoms with Crippen molar-refractivity contribution in [1.82, 2.24) is 0 Å². The maximum absolute atomic E-state index is 12.4. The Bertz CT molecular complexity index is 264. The van der Waals surface area contributed by atoms with Crippen LogP contribution in [0.5, 0.6) is 0 Å². The summed E-state index contributed by atoms with van der Waals surface area (Å²) in [5.74, 6) is -1.33. The van der Waals surface area contributed by atoms with Crippen LogP contribution in [0.15, 0.2) is 0 Å². The molecule has 0 aromatic heterocycles. The van der Waals surface area contributed by atoms with E-state index in [9.17, 15) is 13.2 Å². The first-order valence-corrected chi connectivity index (χ1v) is 5.16. The first-order chi connectivity index (χ1) is 7.43. The minimum Gasteiger partial charge on any atom is -0.394 e. The van der Waals surface area contributed by atoms with E-state index in [2.05, 4.69) is 0 Å². The number of aliphatic hydroxyl groups is 1. The molecule has 3 nitrogen and oxygen atoms in total. The number of ether oxygens (including phenoxy) is 1. The zero-order chi connectivity index (χ0) is 12.2. The summed E-state index contributed by atoms with van der Waals surface area (Å²) in [7, 11) is 0. The first-order valence-electron chi connectivity index (χ1n) is 5.16. The average Bonchev–Trinajstić information content (AvgIpc) is 2.26. The highest BCUT2D eigenvalue weighted by molar-refractivity contribution is 5.05. The fourth-order valence-electron chi connectivity index (χ4n) is 1.94. The number of halogens is 3. The van der Waals surface area contributed by atoms with Crippen LogP contribution in [0, 0.1) is 17.2 Å². The molecule has 1 rings (SSSR count). The highest BCUT2D eigenvalue weighted by Gasteiger charge is 2.46. The van der Waals surface area contributed by atoms with Crippen LogP contribution in [0.3, 0.4) is 0 Å². The van der Waals surface area contributed by atoms with Crippen LogP contribution in [0.25, 0.3) is 0 Å². The summed E-state index contributed by atoms with van der Waals surface area (Å²) in [5, 5.41) is 17.5. The molecule has 0 saturated heterocycles. The number of hydrogen-bond donors (Lipinski definition) is 1. The van der Waals surface area contributed by atoms with Gasteiger partial charge in [-0.2, -0.15) is 18.4 Å². The molecule has 0 heterocycles. The van der Waals surface area contributed by atoms with Gasteiger partial charge in [-0.05, 0) is 25.7 Å². The lowest BCUT2D eigenvalue weighted by Gasteiger charge is -2.35. The SMILES string of the molecule is N#CC1(OCCO)CCC(C(F)(F)F)CC1. The third-order valence-corrected chi connectivity index (χ3v) is 2.93. The van der Waals surface area contributed by atoms with Gasteiger partial charge in [-0.15, -0.1) is 0 Å². The van der Waals surface area contributed by atoms with Gasteiger partial charge in [0.05, 0.1) is 25.2 Å². The second kappa shape index (κ2) is 5.02. The van der Waals surface area contributed by atoms with Crippen molar-refractivity contribution in [3.63, 3.8) is 0 Å². The van der Waals surface area contributed by atoms with Crippen LogP contribution in [0.2, 0.25) is 0 Å². The Labute approximate surface area is 91.8 Å². The fourth-order valence-corrected chi connectivity index (χ4v) is 1.94. The van der Waals surface area contributed by atoms with Gasteiger partial charge in [0.1, 0.15) is 0 Å². The Morgan fingerprint density at radius 3 is 2.31 bits per heavy atom. The summed E-state index contributed by atoms with van der Waals surface area (Å²) < 4.78 is 42.3. The minimum absolute atomic E-state index is 0.00968. The zero-order valence-corrected chi connectivity index (χ0v) is 8.76. The molecule has 0 aliphatic heterocycles. The summed E-state index contributed by atoms with van der Waals surface area (Å²) in [4.78, 5) is 0. The van der Waals surface area contributed by atoms with E-state index < -0.39 is 17.7 Å². The summed E-state index contributed by atoms with van der Waals surface area (Å²) in [5.41, 5.74) is -1.13. The van der Waals surface area contributed by atoms with E-state index in [1.807, 2.05) is 6.07 Å². The molecule has 0 spiro atoms. The zero-order valence-electron chi connectivity index (χ0n) is 8.76. The molecule has 92 valence electrons. The highest BCUT2D eigenvalue weighted by Crippen LogP contribution is 2.42. The van der Waals surface area contributed by atoms with Gasteiger partial charge < -0.3 is 9.84 Å². The molecule has 1 fully saturated rings. The molecule has 0 radical (unpaired) electrons. The van der Waals surface area contributed by atoms with Gasteiger partial charge in [0.2, 0.25) is 0 Å². The van der Waals surface area contributed by atoms with Gasteiger partial charge in [-0.1, -0.05) is 0 Å². The molecular formula is C10H14F3NO2. The van der Waals surface area contributed by atoms with Crippen LogP contribution in [-0.2, 0) is 4.74 Å². The molecule has 1 saturated carbocycles. The van der Waals surface area contributed by atoms with Crippen LogP contribution < -0.4 is 0 Å². The largest absolute Gasteiger partial charge is 0.394 e.